The Balaban J connectivity index is 2.72. The number of halogens is 1. The van der Waals surface area contributed by atoms with Crippen molar-refractivity contribution in [1.82, 2.24) is 4.57 Å². The first-order valence-corrected chi connectivity index (χ1v) is 10.6. The van der Waals surface area contributed by atoms with Gasteiger partial charge in [0.2, 0.25) is 5.84 Å². The Hall–Kier alpha value is -1.79. The van der Waals surface area contributed by atoms with Gasteiger partial charge in [-0.05, 0) is 37.0 Å². The number of unbranched alkanes of at least 4 members (excludes halogenated alkanes) is 1. The molecule has 0 unspecified atom stereocenters. The SMILES string of the molecule is CCCCn1c(C)c(C(C)(C)C)sc1=NC(=NOC)c1cc(Cl)ccc1OC. The number of methoxy groups -OCH3 is 1. The van der Waals surface area contributed by atoms with E-state index in [9.17, 15) is 0 Å². The lowest BCUT2D eigenvalue weighted by Crippen LogP contribution is -2.19. The smallest absolute Gasteiger partial charge is 0.205 e. The predicted octanol–water partition coefficient (Wildman–Crippen LogP) is 5.53. The number of ether oxygens (including phenoxy) is 1. The van der Waals surface area contributed by atoms with Crippen LogP contribution >= 0.6 is 22.9 Å². The number of aromatic nitrogens is 1. The van der Waals surface area contributed by atoms with E-state index in [4.69, 9.17) is 26.2 Å². The molecule has 0 N–H and O–H groups in total. The van der Waals surface area contributed by atoms with Crippen molar-refractivity contribution in [2.75, 3.05) is 14.2 Å². The number of rotatable bonds is 6. The summed E-state index contributed by atoms with van der Waals surface area (Å²) >= 11 is 7.91. The van der Waals surface area contributed by atoms with Gasteiger partial charge in [0.1, 0.15) is 12.9 Å². The first-order valence-electron chi connectivity index (χ1n) is 9.43. The fourth-order valence-electron chi connectivity index (χ4n) is 3.01. The summed E-state index contributed by atoms with van der Waals surface area (Å²) in [6.07, 6.45) is 2.21. The minimum atomic E-state index is 0.0444. The standard InChI is InChI=1S/C21H30ClN3O2S/c1-8-9-12-25-14(2)18(21(3,4)5)28-20(25)23-19(24-27-7)16-13-15(22)10-11-17(16)26-6/h10-11,13H,8-9,12H2,1-7H3. The van der Waals surface area contributed by atoms with Crippen LogP contribution in [0.3, 0.4) is 0 Å². The van der Waals surface area contributed by atoms with E-state index in [0.717, 1.165) is 24.2 Å². The second-order valence-electron chi connectivity index (χ2n) is 7.61. The van der Waals surface area contributed by atoms with E-state index in [2.05, 4.69) is 44.3 Å². The van der Waals surface area contributed by atoms with Crippen LogP contribution in [0.15, 0.2) is 28.3 Å². The molecule has 0 atom stereocenters. The van der Waals surface area contributed by atoms with Crippen molar-refractivity contribution in [3.8, 4) is 5.75 Å². The Morgan fingerprint density at radius 2 is 1.96 bits per heavy atom. The van der Waals surface area contributed by atoms with Crippen LogP contribution in [0, 0.1) is 6.92 Å². The maximum Gasteiger partial charge on any atom is 0.205 e. The topological polar surface area (TPSA) is 48.1 Å². The summed E-state index contributed by atoms with van der Waals surface area (Å²) in [4.78, 5) is 12.2. The monoisotopic (exact) mass is 423 g/mol. The third-order valence-corrected chi connectivity index (χ3v) is 6.20. The van der Waals surface area contributed by atoms with Crippen molar-refractivity contribution >= 4 is 28.8 Å². The summed E-state index contributed by atoms with van der Waals surface area (Å²) in [5, 5.41) is 4.76. The molecule has 1 aromatic carbocycles. The average Bonchev–Trinajstić information content (AvgIpc) is 2.95. The van der Waals surface area contributed by atoms with E-state index in [1.54, 1.807) is 30.6 Å². The van der Waals surface area contributed by atoms with Crippen LogP contribution in [-0.2, 0) is 16.8 Å². The molecule has 154 valence electrons. The molecule has 0 spiro atoms. The Morgan fingerprint density at radius 3 is 2.54 bits per heavy atom. The first-order chi connectivity index (χ1) is 13.2. The minimum Gasteiger partial charge on any atom is -0.496 e. The van der Waals surface area contributed by atoms with Gasteiger partial charge in [0, 0.05) is 22.1 Å². The molecule has 0 aliphatic heterocycles. The molecular formula is C21H30ClN3O2S. The van der Waals surface area contributed by atoms with Gasteiger partial charge < -0.3 is 14.1 Å². The highest BCUT2D eigenvalue weighted by Gasteiger charge is 2.22. The average molecular weight is 424 g/mol. The lowest BCUT2D eigenvalue weighted by atomic mass is 9.93. The van der Waals surface area contributed by atoms with Crippen LogP contribution in [0.1, 0.15) is 56.7 Å². The highest BCUT2D eigenvalue weighted by molar-refractivity contribution is 7.09. The normalized spacial score (nSPS) is 13.1. The summed E-state index contributed by atoms with van der Waals surface area (Å²) in [6.45, 7) is 12.0. The van der Waals surface area contributed by atoms with Crippen molar-refractivity contribution < 1.29 is 9.57 Å². The summed E-state index contributed by atoms with van der Waals surface area (Å²) in [5.74, 6) is 1.09. The van der Waals surface area contributed by atoms with Gasteiger partial charge in [-0.2, -0.15) is 4.99 Å². The Kier molecular flexibility index (Phi) is 7.72. The molecule has 0 saturated carbocycles. The Bertz CT molecular complexity index is 907. The molecular weight excluding hydrogens is 394 g/mol. The fourth-order valence-corrected chi connectivity index (χ4v) is 4.40. The van der Waals surface area contributed by atoms with Crippen molar-refractivity contribution in [2.45, 2.75) is 59.4 Å². The number of amidine groups is 1. The molecule has 7 heteroatoms. The molecule has 0 amide bonds. The molecule has 0 bridgehead atoms. The van der Waals surface area contributed by atoms with E-state index in [0.29, 0.717) is 22.2 Å². The second-order valence-corrected chi connectivity index (χ2v) is 9.02. The Labute approximate surface area is 176 Å². The van der Waals surface area contributed by atoms with Gasteiger partial charge in [0.25, 0.3) is 0 Å². The van der Waals surface area contributed by atoms with Crippen molar-refractivity contribution in [3.05, 3.63) is 44.2 Å². The zero-order valence-electron chi connectivity index (χ0n) is 17.8. The summed E-state index contributed by atoms with van der Waals surface area (Å²) in [5.41, 5.74) is 1.99. The van der Waals surface area contributed by atoms with E-state index in [1.807, 2.05) is 6.07 Å². The van der Waals surface area contributed by atoms with Crippen molar-refractivity contribution in [2.24, 2.45) is 10.1 Å². The maximum atomic E-state index is 6.21. The van der Waals surface area contributed by atoms with Crippen molar-refractivity contribution in [3.63, 3.8) is 0 Å². The summed E-state index contributed by atoms with van der Waals surface area (Å²) in [6, 6.07) is 5.38. The number of benzene rings is 1. The lowest BCUT2D eigenvalue weighted by Gasteiger charge is -2.17. The largest absolute Gasteiger partial charge is 0.496 e. The summed E-state index contributed by atoms with van der Waals surface area (Å²) < 4.78 is 7.76. The van der Waals surface area contributed by atoms with Gasteiger partial charge >= 0.3 is 0 Å². The van der Waals surface area contributed by atoms with Crippen LogP contribution in [-0.4, -0.2) is 24.6 Å². The fraction of sp³-hybridized carbons (Fsp3) is 0.524. The van der Waals surface area contributed by atoms with Crippen LogP contribution in [0.25, 0.3) is 0 Å². The maximum absolute atomic E-state index is 6.21. The highest BCUT2D eigenvalue weighted by Crippen LogP contribution is 2.29. The third kappa shape index (κ3) is 5.17. The first kappa shape index (κ1) is 22.5. The minimum absolute atomic E-state index is 0.0444. The van der Waals surface area contributed by atoms with Crippen molar-refractivity contribution in [1.29, 1.82) is 0 Å². The van der Waals surface area contributed by atoms with Crippen LogP contribution in [0.2, 0.25) is 5.02 Å². The van der Waals surface area contributed by atoms with Crippen LogP contribution in [0.4, 0.5) is 0 Å². The number of thiazole rings is 1. The van der Waals surface area contributed by atoms with Gasteiger partial charge in [-0.3, -0.25) is 0 Å². The van der Waals surface area contributed by atoms with E-state index in [-0.39, 0.29) is 5.41 Å². The number of hydrogen-bond donors (Lipinski definition) is 0. The van der Waals surface area contributed by atoms with Crippen LogP contribution < -0.4 is 9.54 Å². The highest BCUT2D eigenvalue weighted by atomic mass is 35.5. The molecule has 1 aromatic heterocycles. The van der Waals surface area contributed by atoms with Gasteiger partial charge in [0.05, 0.1) is 12.7 Å². The van der Waals surface area contributed by atoms with E-state index in [1.165, 1.54) is 17.7 Å². The second kappa shape index (κ2) is 9.61. The molecule has 28 heavy (non-hydrogen) atoms. The van der Waals surface area contributed by atoms with Gasteiger partial charge in [-0.15, -0.1) is 11.3 Å². The van der Waals surface area contributed by atoms with Gasteiger partial charge in [0.15, 0.2) is 4.80 Å². The molecule has 0 fully saturated rings. The quantitative estimate of drug-likeness (QED) is 0.348. The summed E-state index contributed by atoms with van der Waals surface area (Å²) in [7, 11) is 3.13. The number of hydrogen-bond acceptors (Lipinski definition) is 4. The molecule has 1 heterocycles. The molecule has 0 aliphatic rings. The van der Waals surface area contributed by atoms with E-state index >= 15 is 0 Å². The molecule has 2 rings (SSSR count). The van der Waals surface area contributed by atoms with Gasteiger partial charge in [-0.1, -0.05) is 50.9 Å². The predicted molar refractivity (Wildman–Crippen MR) is 118 cm³/mol. The molecule has 2 aromatic rings. The van der Waals surface area contributed by atoms with Gasteiger partial charge in [-0.25, -0.2) is 0 Å². The molecule has 5 nitrogen and oxygen atoms in total. The lowest BCUT2D eigenvalue weighted by molar-refractivity contribution is 0.213. The number of oxime groups is 1. The van der Waals surface area contributed by atoms with Crippen LogP contribution in [0.5, 0.6) is 5.75 Å². The molecule has 0 radical (unpaired) electrons. The zero-order chi connectivity index (χ0) is 20.9. The van der Waals surface area contributed by atoms with E-state index < -0.39 is 0 Å². The third-order valence-electron chi connectivity index (χ3n) is 4.36. The number of nitrogens with zero attached hydrogens (tertiary/aromatic N) is 3. The zero-order valence-corrected chi connectivity index (χ0v) is 19.4. The molecule has 0 aliphatic carbocycles. The Morgan fingerprint density at radius 1 is 1.25 bits per heavy atom. The molecule has 0 saturated heterocycles.